The van der Waals surface area contributed by atoms with Crippen LogP contribution in [-0.2, 0) is 19.1 Å². The summed E-state index contributed by atoms with van der Waals surface area (Å²) in [6.45, 7) is 0.859. The zero-order chi connectivity index (χ0) is 21.5. The van der Waals surface area contributed by atoms with Crippen LogP contribution in [0.25, 0.3) is 6.08 Å². The van der Waals surface area contributed by atoms with Gasteiger partial charge in [0.1, 0.15) is 0 Å². The summed E-state index contributed by atoms with van der Waals surface area (Å²) in [5.41, 5.74) is 6.55. The molecule has 2 aromatic rings. The van der Waals surface area contributed by atoms with Gasteiger partial charge in [-0.15, -0.1) is 0 Å². The minimum atomic E-state index is -0.681. The van der Waals surface area contributed by atoms with Gasteiger partial charge in [0.05, 0.1) is 12.5 Å². The van der Waals surface area contributed by atoms with Crippen molar-refractivity contribution in [1.82, 2.24) is 15.8 Å². The van der Waals surface area contributed by atoms with Crippen molar-refractivity contribution in [2.24, 2.45) is 0 Å². The molecule has 0 unspecified atom stereocenters. The number of nitrogens with one attached hydrogen (secondary N) is 2. The van der Waals surface area contributed by atoms with E-state index < -0.39 is 30.4 Å². The quantitative estimate of drug-likeness (QED) is 0.582. The number of rotatable bonds is 5. The van der Waals surface area contributed by atoms with Gasteiger partial charge >= 0.3 is 5.97 Å². The smallest absolute Gasteiger partial charge is 0.308 e. The Morgan fingerprint density at radius 1 is 0.967 bits per heavy atom. The number of hydrogen-bond acceptors (Lipinski definition) is 5. The average Bonchev–Trinajstić information content (AvgIpc) is 2.76. The van der Waals surface area contributed by atoms with Crippen LogP contribution < -0.4 is 10.9 Å². The largest absolute Gasteiger partial charge is 0.455 e. The van der Waals surface area contributed by atoms with Crippen molar-refractivity contribution in [1.29, 1.82) is 0 Å². The molecular weight excluding hydrogens is 386 g/mol. The summed E-state index contributed by atoms with van der Waals surface area (Å²) in [5, 5.41) is 0. The third kappa shape index (κ3) is 5.11. The second-order valence-corrected chi connectivity index (χ2v) is 6.62. The van der Waals surface area contributed by atoms with Crippen LogP contribution in [0.2, 0.25) is 0 Å². The van der Waals surface area contributed by atoms with Crippen molar-refractivity contribution >= 4 is 29.8 Å². The Morgan fingerprint density at radius 3 is 2.40 bits per heavy atom. The maximum atomic E-state index is 12.3. The van der Waals surface area contributed by atoms with Gasteiger partial charge in [-0.2, -0.15) is 0 Å². The first-order valence-corrected chi connectivity index (χ1v) is 9.31. The van der Waals surface area contributed by atoms with Crippen LogP contribution in [0.3, 0.4) is 0 Å². The molecule has 2 N–H and O–H groups in total. The van der Waals surface area contributed by atoms with Gasteiger partial charge < -0.3 is 9.64 Å². The second kappa shape index (κ2) is 9.51. The molecule has 8 nitrogen and oxygen atoms in total. The zero-order valence-electron chi connectivity index (χ0n) is 16.3. The minimum absolute atomic E-state index is 0.107. The first kappa shape index (κ1) is 20.8. The zero-order valence-corrected chi connectivity index (χ0v) is 16.3. The number of carbonyl (C=O) groups excluding carboxylic acids is 4. The number of nitrogens with zero attached hydrogens (tertiary/aromatic N) is 1. The first-order chi connectivity index (χ1) is 14.5. The van der Waals surface area contributed by atoms with E-state index in [0.717, 1.165) is 11.1 Å². The predicted molar refractivity (Wildman–Crippen MR) is 108 cm³/mol. The Labute approximate surface area is 173 Å². The van der Waals surface area contributed by atoms with Crippen LogP contribution in [0, 0.1) is 0 Å². The van der Waals surface area contributed by atoms with Crippen molar-refractivity contribution < 1.29 is 23.9 Å². The summed E-state index contributed by atoms with van der Waals surface area (Å²) in [5.74, 6) is -2.02. The molecule has 0 aliphatic carbocycles. The van der Waals surface area contributed by atoms with Gasteiger partial charge in [0.2, 0.25) is 5.91 Å². The molecule has 1 heterocycles. The molecule has 30 heavy (non-hydrogen) atoms. The van der Waals surface area contributed by atoms with Gasteiger partial charge in [0, 0.05) is 18.7 Å². The fourth-order valence-corrected chi connectivity index (χ4v) is 3.10. The maximum absolute atomic E-state index is 12.3. The van der Waals surface area contributed by atoms with E-state index in [2.05, 4.69) is 10.9 Å². The van der Waals surface area contributed by atoms with Gasteiger partial charge in [-0.3, -0.25) is 30.0 Å². The fraction of sp³-hybridized carbons (Fsp3) is 0.182. The van der Waals surface area contributed by atoms with Crippen molar-refractivity contribution in [3.63, 3.8) is 0 Å². The Bertz CT molecular complexity index is 987. The van der Waals surface area contributed by atoms with Crippen LogP contribution in [0.5, 0.6) is 0 Å². The Balaban J connectivity index is 1.52. The lowest BCUT2D eigenvalue weighted by molar-refractivity contribution is -0.150. The molecule has 3 amide bonds. The molecule has 0 saturated carbocycles. The topological polar surface area (TPSA) is 105 Å². The number of amides is 3. The van der Waals surface area contributed by atoms with Gasteiger partial charge in [0.15, 0.2) is 6.61 Å². The second-order valence-electron chi connectivity index (χ2n) is 6.62. The first-order valence-electron chi connectivity index (χ1n) is 9.31. The maximum Gasteiger partial charge on any atom is 0.308 e. The van der Waals surface area contributed by atoms with E-state index in [1.54, 1.807) is 42.6 Å². The molecule has 2 aromatic carbocycles. The lowest BCUT2D eigenvalue weighted by atomic mass is 9.94. The molecule has 0 aromatic heterocycles. The molecular formula is C22H21N3O5. The lowest BCUT2D eigenvalue weighted by Crippen LogP contribution is -2.43. The van der Waals surface area contributed by atoms with Crippen LogP contribution in [-0.4, -0.2) is 35.2 Å². The van der Waals surface area contributed by atoms with Gasteiger partial charge in [-0.25, -0.2) is 0 Å². The summed E-state index contributed by atoms with van der Waals surface area (Å²) in [4.78, 5) is 49.5. The monoisotopic (exact) mass is 407 g/mol. The standard InChI is InChI=1S/C22H21N3O5/c1-15(26)25-12-11-16-7-5-6-10-18(16)19(25)13-21(28)30-14-20(27)23-24-22(29)17-8-3-2-4-9-17/h2-12,19H,13-14H2,1H3,(H,23,27)(H,24,29)/t19-/m1/s1. The summed E-state index contributed by atoms with van der Waals surface area (Å²) in [6.07, 6.45) is 3.33. The van der Waals surface area contributed by atoms with Gasteiger partial charge in [0.25, 0.3) is 11.8 Å². The average molecular weight is 407 g/mol. The number of ether oxygens (including phenoxy) is 1. The highest BCUT2D eigenvalue weighted by atomic mass is 16.5. The summed E-state index contributed by atoms with van der Waals surface area (Å²) >= 11 is 0. The van der Waals surface area contributed by atoms with E-state index in [1.165, 1.54) is 11.8 Å². The summed E-state index contributed by atoms with van der Waals surface area (Å²) < 4.78 is 5.02. The summed E-state index contributed by atoms with van der Waals surface area (Å²) in [6, 6.07) is 15.3. The van der Waals surface area contributed by atoms with Crippen LogP contribution in [0.4, 0.5) is 0 Å². The van der Waals surface area contributed by atoms with Crippen molar-refractivity contribution in [3.05, 3.63) is 77.5 Å². The molecule has 0 radical (unpaired) electrons. The fourth-order valence-electron chi connectivity index (χ4n) is 3.10. The van der Waals surface area contributed by atoms with E-state index in [9.17, 15) is 19.2 Å². The SMILES string of the molecule is CC(=O)N1C=Cc2ccccc2[C@H]1CC(=O)OCC(=O)NNC(=O)c1ccccc1. The van der Waals surface area contributed by atoms with E-state index in [1.807, 2.05) is 24.3 Å². The molecule has 0 fully saturated rings. The number of hydrazine groups is 1. The van der Waals surface area contributed by atoms with E-state index in [4.69, 9.17) is 4.74 Å². The van der Waals surface area contributed by atoms with Crippen molar-refractivity contribution in [2.75, 3.05) is 6.61 Å². The van der Waals surface area contributed by atoms with Crippen molar-refractivity contribution in [2.45, 2.75) is 19.4 Å². The van der Waals surface area contributed by atoms with Gasteiger partial charge in [-0.1, -0.05) is 42.5 Å². The molecule has 154 valence electrons. The third-order valence-electron chi connectivity index (χ3n) is 4.54. The summed E-state index contributed by atoms with van der Waals surface area (Å²) in [7, 11) is 0. The molecule has 0 bridgehead atoms. The number of hydrogen-bond donors (Lipinski definition) is 2. The van der Waals surface area contributed by atoms with Crippen molar-refractivity contribution in [3.8, 4) is 0 Å². The third-order valence-corrected chi connectivity index (χ3v) is 4.54. The number of esters is 1. The van der Waals surface area contributed by atoms with Gasteiger partial charge in [-0.05, 0) is 29.3 Å². The van der Waals surface area contributed by atoms with E-state index >= 15 is 0 Å². The molecule has 0 saturated heterocycles. The number of carbonyl (C=O) groups is 4. The highest BCUT2D eigenvalue weighted by Crippen LogP contribution is 2.32. The van der Waals surface area contributed by atoms with Crippen LogP contribution >= 0.6 is 0 Å². The molecule has 1 atom stereocenters. The molecule has 0 spiro atoms. The molecule has 3 rings (SSSR count). The highest BCUT2D eigenvalue weighted by molar-refractivity contribution is 5.95. The number of fused-ring (bicyclic) bond motifs is 1. The normalized spacial score (nSPS) is 14.4. The van der Waals surface area contributed by atoms with E-state index in [0.29, 0.717) is 5.56 Å². The van der Waals surface area contributed by atoms with Crippen LogP contribution in [0.15, 0.2) is 60.8 Å². The number of benzene rings is 2. The lowest BCUT2D eigenvalue weighted by Gasteiger charge is -2.32. The molecule has 8 heteroatoms. The predicted octanol–water partition coefficient (Wildman–Crippen LogP) is 1.95. The highest BCUT2D eigenvalue weighted by Gasteiger charge is 2.28. The Hall–Kier alpha value is -3.94. The van der Waals surface area contributed by atoms with E-state index in [-0.39, 0.29) is 12.3 Å². The molecule has 1 aliphatic heterocycles. The Morgan fingerprint density at radius 2 is 1.67 bits per heavy atom. The van der Waals surface area contributed by atoms with Crippen LogP contribution in [0.1, 0.15) is 40.9 Å². The molecule has 1 aliphatic rings. The Kier molecular flexibility index (Phi) is 6.59. The minimum Gasteiger partial charge on any atom is -0.455 e.